The molecule has 0 radical (unpaired) electrons. The van der Waals surface area contributed by atoms with Crippen LogP contribution in [0.4, 0.5) is 4.39 Å². The Morgan fingerprint density at radius 1 is 1.44 bits per heavy atom. The van der Waals surface area contributed by atoms with E-state index in [4.69, 9.17) is 16.3 Å². The van der Waals surface area contributed by atoms with Crippen LogP contribution in [0.1, 0.15) is 31.2 Å². The van der Waals surface area contributed by atoms with Crippen LogP contribution in [0, 0.1) is 5.82 Å². The van der Waals surface area contributed by atoms with Gasteiger partial charge in [0, 0.05) is 13.2 Å². The Balaban J connectivity index is 1.61. The van der Waals surface area contributed by atoms with Gasteiger partial charge in [-0.05, 0) is 49.9 Å². The van der Waals surface area contributed by atoms with Crippen LogP contribution in [0.15, 0.2) is 18.2 Å². The summed E-state index contributed by atoms with van der Waals surface area (Å²) in [6.45, 7) is 2.60. The molecule has 1 atom stereocenters. The molecule has 2 nitrogen and oxygen atoms in total. The highest BCUT2D eigenvalue weighted by Gasteiger charge is 2.14. The largest absolute Gasteiger partial charge is 0.378 e. The number of hydrogen-bond donors (Lipinski definition) is 1. The Hall–Kier alpha value is -0.640. The number of ether oxygens (including phenoxy) is 1. The van der Waals surface area contributed by atoms with Gasteiger partial charge < -0.3 is 10.1 Å². The molecule has 1 heterocycles. The van der Waals surface area contributed by atoms with Crippen LogP contribution in [-0.2, 0) is 11.3 Å². The fourth-order valence-corrected chi connectivity index (χ4v) is 2.41. The Morgan fingerprint density at radius 3 is 3.06 bits per heavy atom. The third-order valence-corrected chi connectivity index (χ3v) is 3.51. The Morgan fingerprint density at radius 2 is 2.33 bits per heavy atom. The Bertz CT molecular complexity index is 380. The SMILES string of the molecule is Fc1ccc(CNCCCC2CCCO2)cc1Cl. The van der Waals surface area contributed by atoms with Crippen molar-refractivity contribution in [3.63, 3.8) is 0 Å². The van der Waals surface area contributed by atoms with Gasteiger partial charge in [0.15, 0.2) is 0 Å². The van der Waals surface area contributed by atoms with Crippen molar-refractivity contribution in [2.75, 3.05) is 13.2 Å². The summed E-state index contributed by atoms with van der Waals surface area (Å²) >= 11 is 5.72. The molecule has 0 spiro atoms. The first-order valence-electron chi connectivity index (χ1n) is 6.52. The third-order valence-electron chi connectivity index (χ3n) is 3.22. The summed E-state index contributed by atoms with van der Waals surface area (Å²) in [7, 11) is 0. The van der Waals surface area contributed by atoms with E-state index in [0.717, 1.165) is 38.1 Å². The predicted molar refractivity (Wildman–Crippen MR) is 71.3 cm³/mol. The Labute approximate surface area is 112 Å². The fraction of sp³-hybridized carbons (Fsp3) is 0.571. The molecule has 4 heteroatoms. The van der Waals surface area contributed by atoms with E-state index in [-0.39, 0.29) is 10.8 Å². The lowest BCUT2D eigenvalue weighted by Gasteiger charge is -2.09. The summed E-state index contributed by atoms with van der Waals surface area (Å²) in [6, 6.07) is 4.84. The normalized spacial score (nSPS) is 19.3. The smallest absolute Gasteiger partial charge is 0.141 e. The second-order valence-electron chi connectivity index (χ2n) is 4.70. The van der Waals surface area contributed by atoms with E-state index in [1.807, 2.05) is 0 Å². The average molecular weight is 272 g/mol. The first kappa shape index (κ1) is 13.8. The predicted octanol–water partition coefficient (Wildman–Crippen LogP) is 3.53. The first-order chi connectivity index (χ1) is 8.75. The molecular formula is C14H19ClFNO. The molecule has 1 aliphatic rings. The average Bonchev–Trinajstić information content (AvgIpc) is 2.86. The molecular weight excluding hydrogens is 253 g/mol. The van der Waals surface area contributed by atoms with Crippen LogP contribution in [0.3, 0.4) is 0 Å². The molecule has 1 unspecified atom stereocenters. The van der Waals surface area contributed by atoms with Crippen LogP contribution in [0.5, 0.6) is 0 Å². The van der Waals surface area contributed by atoms with Gasteiger partial charge in [0.1, 0.15) is 5.82 Å². The van der Waals surface area contributed by atoms with Crippen molar-refractivity contribution in [1.82, 2.24) is 5.32 Å². The molecule has 0 saturated carbocycles. The lowest BCUT2D eigenvalue weighted by atomic mass is 10.1. The highest BCUT2D eigenvalue weighted by Crippen LogP contribution is 2.17. The van der Waals surface area contributed by atoms with Gasteiger partial charge in [-0.1, -0.05) is 17.7 Å². The van der Waals surface area contributed by atoms with Crippen LogP contribution in [0.2, 0.25) is 5.02 Å². The van der Waals surface area contributed by atoms with E-state index in [0.29, 0.717) is 6.10 Å². The van der Waals surface area contributed by atoms with Crippen LogP contribution < -0.4 is 5.32 Å². The first-order valence-corrected chi connectivity index (χ1v) is 6.90. The van der Waals surface area contributed by atoms with Gasteiger partial charge >= 0.3 is 0 Å². The minimum atomic E-state index is -0.362. The molecule has 1 aromatic carbocycles. The van der Waals surface area contributed by atoms with E-state index < -0.39 is 0 Å². The molecule has 1 aliphatic heterocycles. The maximum Gasteiger partial charge on any atom is 0.141 e. The van der Waals surface area contributed by atoms with Crippen molar-refractivity contribution in [3.05, 3.63) is 34.6 Å². The van der Waals surface area contributed by atoms with Crippen molar-refractivity contribution >= 4 is 11.6 Å². The monoisotopic (exact) mass is 271 g/mol. The van der Waals surface area contributed by atoms with Gasteiger partial charge in [0.2, 0.25) is 0 Å². The number of halogens is 2. The minimum absolute atomic E-state index is 0.189. The second-order valence-corrected chi connectivity index (χ2v) is 5.11. The number of benzene rings is 1. The molecule has 18 heavy (non-hydrogen) atoms. The number of hydrogen-bond acceptors (Lipinski definition) is 2. The molecule has 1 saturated heterocycles. The van der Waals surface area contributed by atoms with Crippen molar-refractivity contribution in [2.24, 2.45) is 0 Å². The molecule has 0 bridgehead atoms. The maximum absolute atomic E-state index is 12.9. The van der Waals surface area contributed by atoms with Crippen LogP contribution in [0.25, 0.3) is 0 Å². The van der Waals surface area contributed by atoms with Crippen molar-refractivity contribution in [2.45, 2.75) is 38.3 Å². The maximum atomic E-state index is 12.9. The van der Waals surface area contributed by atoms with Crippen LogP contribution >= 0.6 is 11.6 Å². The molecule has 1 aromatic rings. The lowest BCUT2D eigenvalue weighted by Crippen LogP contribution is -2.16. The highest BCUT2D eigenvalue weighted by molar-refractivity contribution is 6.30. The highest BCUT2D eigenvalue weighted by atomic mass is 35.5. The molecule has 2 rings (SSSR count). The van der Waals surface area contributed by atoms with E-state index in [9.17, 15) is 4.39 Å². The zero-order valence-electron chi connectivity index (χ0n) is 10.4. The molecule has 0 amide bonds. The second kappa shape index (κ2) is 7.07. The number of rotatable bonds is 6. The molecule has 0 aliphatic carbocycles. The number of nitrogens with one attached hydrogen (secondary N) is 1. The minimum Gasteiger partial charge on any atom is -0.378 e. The lowest BCUT2D eigenvalue weighted by molar-refractivity contribution is 0.102. The van der Waals surface area contributed by atoms with Gasteiger partial charge in [0.05, 0.1) is 11.1 Å². The molecule has 1 fully saturated rings. The molecule has 0 aromatic heterocycles. The topological polar surface area (TPSA) is 21.3 Å². The van der Waals surface area contributed by atoms with Gasteiger partial charge in [-0.15, -0.1) is 0 Å². The molecule has 100 valence electrons. The zero-order chi connectivity index (χ0) is 12.8. The van der Waals surface area contributed by atoms with E-state index in [1.165, 1.54) is 18.9 Å². The van der Waals surface area contributed by atoms with E-state index in [2.05, 4.69) is 5.32 Å². The van der Waals surface area contributed by atoms with Crippen molar-refractivity contribution in [3.8, 4) is 0 Å². The summed E-state index contributed by atoms with van der Waals surface area (Å²) in [4.78, 5) is 0. The fourth-order valence-electron chi connectivity index (χ4n) is 2.21. The third kappa shape index (κ3) is 4.23. The van der Waals surface area contributed by atoms with Gasteiger partial charge in [-0.3, -0.25) is 0 Å². The summed E-state index contributed by atoms with van der Waals surface area (Å²) in [5, 5.41) is 3.52. The summed E-state index contributed by atoms with van der Waals surface area (Å²) < 4.78 is 18.5. The van der Waals surface area contributed by atoms with E-state index in [1.54, 1.807) is 12.1 Å². The Kier molecular flexibility index (Phi) is 5.42. The molecule has 1 N–H and O–H groups in total. The van der Waals surface area contributed by atoms with Gasteiger partial charge in [0.25, 0.3) is 0 Å². The summed E-state index contributed by atoms with van der Waals surface area (Å²) in [5.41, 5.74) is 1.01. The van der Waals surface area contributed by atoms with Crippen LogP contribution in [-0.4, -0.2) is 19.3 Å². The van der Waals surface area contributed by atoms with Gasteiger partial charge in [-0.2, -0.15) is 0 Å². The standard InChI is InChI=1S/C14H19ClFNO/c15-13-9-11(5-6-14(13)16)10-17-7-1-3-12-4-2-8-18-12/h5-6,9,12,17H,1-4,7-8,10H2. The zero-order valence-corrected chi connectivity index (χ0v) is 11.2. The summed E-state index contributed by atoms with van der Waals surface area (Å²) in [5.74, 6) is -0.362. The van der Waals surface area contributed by atoms with E-state index >= 15 is 0 Å². The van der Waals surface area contributed by atoms with Crippen molar-refractivity contribution < 1.29 is 9.13 Å². The quantitative estimate of drug-likeness (QED) is 0.799. The van der Waals surface area contributed by atoms with Gasteiger partial charge in [-0.25, -0.2) is 4.39 Å². The summed E-state index contributed by atoms with van der Waals surface area (Å²) in [6.07, 6.45) is 5.10. The van der Waals surface area contributed by atoms with Crippen molar-refractivity contribution in [1.29, 1.82) is 0 Å².